The highest BCUT2D eigenvalue weighted by Gasteiger charge is 2.20. The molecule has 0 unspecified atom stereocenters. The van der Waals surface area contributed by atoms with Crippen LogP contribution in [-0.4, -0.2) is 41.6 Å². The topological polar surface area (TPSA) is 52.6 Å². The maximum absolute atomic E-state index is 12.2. The third-order valence-electron chi connectivity index (χ3n) is 3.92. The third kappa shape index (κ3) is 3.73. The molecule has 0 saturated carbocycles. The van der Waals surface area contributed by atoms with E-state index in [4.69, 9.17) is 0 Å². The molecule has 0 atom stereocenters. The van der Waals surface area contributed by atoms with Crippen molar-refractivity contribution in [3.05, 3.63) is 29.3 Å². The lowest BCUT2D eigenvalue weighted by atomic mass is 10.0. The Morgan fingerprint density at radius 2 is 2.10 bits per heavy atom. The van der Waals surface area contributed by atoms with E-state index in [9.17, 15) is 9.90 Å². The van der Waals surface area contributed by atoms with Crippen LogP contribution in [0.25, 0.3) is 0 Å². The number of rotatable bonds is 4. The molecule has 2 rings (SSSR count). The molecule has 1 fully saturated rings. The molecule has 20 heavy (non-hydrogen) atoms. The first-order valence-electron chi connectivity index (χ1n) is 7.43. The molecule has 1 aromatic rings. The van der Waals surface area contributed by atoms with Gasteiger partial charge in [0.15, 0.2) is 0 Å². The second kappa shape index (κ2) is 6.75. The van der Waals surface area contributed by atoms with Crippen LogP contribution in [0.2, 0.25) is 0 Å². The number of hydrogen-bond donors (Lipinski definition) is 2. The van der Waals surface area contributed by atoms with E-state index >= 15 is 0 Å². The number of phenols is 1. The fraction of sp³-hybridized carbons (Fsp3) is 0.562. The van der Waals surface area contributed by atoms with Crippen molar-refractivity contribution in [3.63, 3.8) is 0 Å². The van der Waals surface area contributed by atoms with Crippen LogP contribution in [0.15, 0.2) is 18.2 Å². The van der Waals surface area contributed by atoms with E-state index in [0.717, 1.165) is 38.0 Å². The predicted octanol–water partition coefficient (Wildman–Crippen LogP) is 2.30. The molecule has 0 radical (unpaired) electrons. The summed E-state index contributed by atoms with van der Waals surface area (Å²) in [5.74, 6) is 0.191. The zero-order chi connectivity index (χ0) is 14.5. The van der Waals surface area contributed by atoms with Gasteiger partial charge in [0.1, 0.15) is 5.75 Å². The standard InChI is InChI=1S/C16H24N2O2/c1-3-8-18-9-6-14(7-10-18)17-16(20)13-4-5-15(19)12(2)11-13/h4-5,11,14,19H,3,6-10H2,1-2H3,(H,17,20). The number of carbonyl (C=O) groups is 1. The fourth-order valence-corrected chi connectivity index (χ4v) is 2.68. The molecular weight excluding hydrogens is 252 g/mol. The SMILES string of the molecule is CCCN1CCC(NC(=O)c2ccc(O)c(C)c2)CC1. The zero-order valence-electron chi connectivity index (χ0n) is 12.4. The summed E-state index contributed by atoms with van der Waals surface area (Å²) in [6.45, 7) is 7.27. The first-order chi connectivity index (χ1) is 9.60. The number of piperidine rings is 1. The summed E-state index contributed by atoms with van der Waals surface area (Å²) in [4.78, 5) is 14.6. The van der Waals surface area contributed by atoms with E-state index in [2.05, 4.69) is 17.1 Å². The highest BCUT2D eigenvalue weighted by atomic mass is 16.3. The molecule has 0 aliphatic carbocycles. The summed E-state index contributed by atoms with van der Waals surface area (Å²) in [6.07, 6.45) is 3.22. The lowest BCUT2D eigenvalue weighted by Gasteiger charge is -2.32. The smallest absolute Gasteiger partial charge is 0.251 e. The normalized spacial score (nSPS) is 17.1. The highest BCUT2D eigenvalue weighted by Crippen LogP contribution is 2.17. The van der Waals surface area contributed by atoms with Crippen molar-refractivity contribution < 1.29 is 9.90 Å². The largest absolute Gasteiger partial charge is 0.508 e. The van der Waals surface area contributed by atoms with E-state index in [-0.39, 0.29) is 17.7 Å². The minimum absolute atomic E-state index is 0.0398. The quantitative estimate of drug-likeness (QED) is 0.887. The molecule has 1 amide bonds. The average molecular weight is 276 g/mol. The molecule has 4 heteroatoms. The van der Waals surface area contributed by atoms with Gasteiger partial charge in [0, 0.05) is 24.7 Å². The van der Waals surface area contributed by atoms with Gasteiger partial charge in [0.25, 0.3) is 5.91 Å². The summed E-state index contributed by atoms with van der Waals surface area (Å²) in [5, 5.41) is 12.6. The van der Waals surface area contributed by atoms with Crippen LogP contribution >= 0.6 is 0 Å². The summed E-state index contributed by atoms with van der Waals surface area (Å²) in [7, 11) is 0. The number of nitrogens with zero attached hydrogens (tertiary/aromatic N) is 1. The Hall–Kier alpha value is -1.55. The number of likely N-dealkylation sites (tertiary alicyclic amines) is 1. The van der Waals surface area contributed by atoms with Gasteiger partial charge in [-0.25, -0.2) is 0 Å². The van der Waals surface area contributed by atoms with Gasteiger partial charge in [-0.1, -0.05) is 6.92 Å². The molecular formula is C16H24N2O2. The summed E-state index contributed by atoms with van der Waals surface area (Å²) in [5.41, 5.74) is 1.35. The molecule has 0 bridgehead atoms. The predicted molar refractivity (Wildman–Crippen MR) is 80.1 cm³/mol. The van der Waals surface area contributed by atoms with Gasteiger partial charge in [-0.3, -0.25) is 4.79 Å². The van der Waals surface area contributed by atoms with E-state index < -0.39 is 0 Å². The van der Waals surface area contributed by atoms with E-state index in [0.29, 0.717) is 5.56 Å². The first-order valence-corrected chi connectivity index (χ1v) is 7.43. The molecule has 1 heterocycles. The molecule has 1 aliphatic rings. The molecule has 0 spiro atoms. The van der Waals surface area contributed by atoms with Gasteiger partial charge in [-0.05, 0) is 56.5 Å². The van der Waals surface area contributed by atoms with Crippen LogP contribution in [0.3, 0.4) is 0 Å². The molecule has 1 saturated heterocycles. The Morgan fingerprint density at radius 1 is 1.40 bits per heavy atom. The maximum Gasteiger partial charge on any atom is 0.251 e. The van der Waals surface area contributed by atoms with Crippen LogP contribution in [0.5, 0.6) is 5.75 Å². The molecule has 0 aromatic heterocycles. The first kappa shape index (κ1) is 14.9. The van der Waals surface area contributed by atoms with Gasteiger partial charge < -0.3 is 15.3 Å². The van der Waals surface area contributed by atoms with E-state index in [1.807, 2.05) is 0 Å². The minimum atomic E-state index is -0.0398. The Labute approximate surface area is 120 Å². The van der Waals surface area contributed by atoms with Crippen molar-refractivity contribution >= 4 is 5.91 Å². The molecule has 1 aliphatic heterocycles. The molecule has 4 nitrogen and oxygen atoms in total. The number of aryl methyl sites for hydroxylation is 1. The summed E-state index contributed by atoms with van der Waals surface area (Å²) < 4.78 is 0. The third-order valence-corrected chi connectivity index (χ3v) is 3.92. The van der Waals surface area contributed by atoms with Gasteiger partial charge in [0.2, 0.25) is 0 Å². The number of hydrogen-bond acceptors (Lipinski definition) is 3. The van der Waals surface area contributed by atoms with E-state index in [1.165, 1.54) is 6.42 Å². The molecule has 110 valence electrons. The molecule has 2 N–H and O–H groups in total. The van der Waals surface area contributed by atoms with Gasteiger partial charge in [0.05, 0.1) is 0 Å². The molecule has 1 aromatic carbocycles. The summed E-state index contributed by atoms with van der Waals surface area (Å²) in [6, 6.07) is 5.25. The van der Waals surface area contributed by atoms with Crippen molar-refractivity contribution in [2.75, 3.05) is 19.6 Å². The second-order valence-corrected chi connectivity index (χ2v) is 5.59. The maximum atomic E-state index is 12.2. The second-order valence-electron chi connectivity index (χ2n) is 5.59. The van der Waals surface area contributed by atoms with Crippen molar-refractivity contribution in [1.29, 1.82) is 0 Å². The van der Waals surface area contributed by atoms with Crippen LogP contribution in [0, 0.1) is 6.92 Å². The number of amides is 1. The van der Waals surface area contributed by atoms with Gasteiger partial charge in [-0.15, -0.1) is 0 Å². The van der Waals surface area contributed by atoms with Crippen molar-refractivity contribution in [2.24, 2.45) is 0 Å². The Bertz CT molecular complexity index is 466. The van der Waals surface area contributed by atoms with Gasteiger partial charge in [-0.2, -0.15) is 0 Å². The van der Waals surface area contributed by atoms with Crippen LogP contribution in [-0.2, 0) is 0 Å². The lowest BCUT2D eigenvalue weighted by molar-refractivity contribution is 0.0911. The Balaban J connectivity index is 1.87. The number of benzene rings is 1. The highest BCUT2D eigenvalue weighted by molar-refractivity contribution is 5.94. The van der Waals surface area contributed by atoms with Gasteiger partial charge >= 0.3 is 0 Å². The lowest BCUT2D eigenvalue weighted by Crippen LogP contribution is -2.44. The number of phenolic OH excluding ortho intramolecular Hbond substituents is 1. The average Bonchev–Trinajstić information content (AvgIpc) is 2.44. The fourth-order valence-electron chi connectivity index (χ4n) is 2.68. The van der Waals surface area contributed by atoms with Crippen LogP contribution in [0.1, 0.15) is 42.1 Å². The number of nitrogens with one attached hydrogen (secondary N) is 1. The monoisotopic (exact) mass is 276 g/mol. The zero-order valence-corrected chi connectivity index (χ0v) is 12.4. The Kier molecular flexibility index (Phi) is 5.01. The van der Waals surface area contributed by atoms with Crippen LogP contribution < -0.4 is 5.32 Å². The number of aromatic hydroxyl groups is 1. The summed E-state index contributed by atoms with van der Waals surface area (Å²) >= 11 is 0. The van der Waals surface area contributed by atoms with Crippen molar-refractivity contribution in [3.8, 4) is 5.75 Å². The van der Waals surface area contributed by atoms with E-state index in [1.54, 1.807) is 25.1 Å². The van der Waals surface area contributed by atoms with Crippen molar-refractivity contribution in [1.82, 2.24) is 10.2 Å². The minimum Gasteiger partial charge on any atom is -0.508 e. The Morgan fingerprint density at radius 3 is 2.70 bits per heavy atom. The van der Waals surface area contributed by atoms with Crippen molar-refractivity contribution in [2.45, 2.75) is 39.2 Å². The number of carbonyl (C=O) groups excluding carboxylic acids is 1. The van der Waals surface area contributed by atoms with Crippen LogP contribution in [0.4, 0.5) is 0 Å².